The summed E-state index contributed by atoms with van der Waals surface area (Å²) in [6, 6.07) is 6.43. The molecule has 1 aromatic carbocycles. The first-order valence-electron chi connectivity index (χ1n) is 4.17. The van der Waals surface area contributed by atoms with E-state index < -0.39 is 12.1 Å². The van der Waals surface area contributed by atoms with Crippen molar-refractivity contribution in [1.82, 2.24) is 0 Å². The highest BCUT2D eigenvalue weighted by atomic mass is 28.2. The van der Waals surface area contributed by atoms with Gasteiger partial charge in [-0.05, 0) is 17.7 Å². The quantitative estimate of drug-likeness (QED) is 0.672. The molecule has 5 heteroatoms. The van der Waals surface area contributed by atoms with Gasteiger partial charge in [-0.15, -0.1) is 0 Å². The summed E-state index contributed by atoms with van der Waals surface area (Å²) in [6.45, 7) is 0. The van der Waals surface area contributed by atoms with Gasteiger partial charge in [0, 0.05) is 6.42 Å². The number of rotatable bonds is 4. The molecule has 1 unspecified atom stereocenters. The number of carbonyl (C=O) groups is 1. The average molecular weight is 212 g/mol. The van der Waals surface area contributed by atoms with Gasteiger partial charge in [-0.2, -0.15) is 0 Å². The zero-order valence-electron chi connectivity index (χ0n) is 7.80. The zero-order chi connectivity index (χ0) is 10.6. The first kappa shape index (κ1) is 10.7. The van der Waals surface area contributed by atoms with Crippen molar-refractivity contribution < 1.29 is 19.4 Å². The van der Waals surface area contributed by atoms with Gasteiger partial charge in [0.15, 0.2) is 0 Å². The van der Waals surface area contributed by atoms with E-state index >= 15 is 0 Å². The first-order chi connectivity index (χ1) is 6.63. The minimum atomic E-state index is -0.951. The molecular weight excluding hydrogens is 200 g/mol. The Hall–Kier alpha value is -1.33. The molecule has 0 aliphatic rings. The molecule has 0 heterocycles. The van der Waals surface area contributed by atoms with E-state index in [0.717, 1.165) is 5.56 Å². The molecule has 0 spiro atoms. The van der Waals surface area contributed by atoms with Crippen LogP contribution in [0.1, 0.15) is 5.56 Å². The van der Waals surface area contributed by atoms with E-state index in [9.17, 15) is 4.79 Å². The molecule has 0 bridgehead atoms. The van der Waals surface area contributed by atoms with Gasteiger partial charge in [-0.25, -0.2) is 4.79 Å². The number of hydrogen-bond donors (Lipinski definition) is 2. The predicted molar refractivity (Wildman–Crippen MR) is 54.3 cm³/mol. The van der Waals surface area contributed by atoms with E-state index in [4.69, 9.17) is 14.6 Å². The minimum absolute atomic E-state index is 0.174. The number of benzene rings is 1. The van der Waals surface area contributed by atoms with Gasteiger partial charge in [0.05, 0.1) is 0 Å². The summed E-state index contributed by atoms with van der Waals surface area (Å²) in [5, 5.41) is 17.8. The van der Waals surface area contributed by atoms with Crippen LogP contribution in [0, 0.1) is 0 Å². The second kappa shape index (κ2) is 4.78. The Morgan fingerprint density at radius 1 is 1.43 bits per heavy atom. The average Bonchev–Trinajstić information content (AvgIpc) is 2.16. The number of aliphatic carboxylic acids is 1. The Morgan fingerprint density at radius 3 is 2.43 bits per heavy atom. The Labute approximate surface area is 84.7 Å². The van der Waals surface area contributed by atoms with Gasteiger partial charge < -0.3 is 14.6 Å². The highest BCUT2D eigenvalue weighted by Crippen LogP contribution is 2.12. The monoisotopic (exact) mass is 212 g/mol. The summed E-state index contributed by atoms with van der Waals surface area (Å²) in [6.07, 6.45) is -0.440. The molecule has 0 saturated heterocycles. The Bertz CT molecular complexity index is 309. The molecule has 4 nitrogen and oxygen atoms in total. The van der Waals surface area contributed by atoms with Gasteiger partial charge >= 0.3 is 5.97 Å². The Morgan fingerprint density at radius 2 is 2.00 bits per heavy atom. The largest absolute Gasteiger partial charge is 0.508 e. The van der Waals surface area contributed by atoms with E-state index in [1.165, 1.54) is 12.1 Å². The fourth-order valence-electron chi connectivity index (χ4n) is 1.12. The molecule has 0 amide bonds. The second-order valence-electron chi connectivity index (χ2n) is 2.93. The van der Waals surface area contributed by atoms with Gasteiger partial charge in [-0.3, -0.25) is 0 Å². The SMILES string of the molecule is O=C(O)C(Cc1ccc(O)cc1)O[SiH3]. The van der Waals surface area contributed by atoms with Crippen molar-refractivity contribution >= 4 is 16.5 Å². The van der Waals surface area contributed by atoms with E-state index in [0.29, 0.717) is 16.9 Å². The Balaban J connectivity index is 2.67. The van der Waals surface area contributed by atoms with Gasteiger partial charge in [0.2, 0.25) is 0 Å². The van der Waals surface area contributed by atoms with Crippen LogP contribution >= 0.6 is 0 Å². The van der Waals surface area contributed by atoms with Crippen molar-refractivity contribution in [2.75, 3.05) is 0 Å². The summed E-state index contributed by atoms with van der Waals surface area (Å²) in [7, 11) is 0.399. The van der Waals surface area contributed by atoms with Crippen LogP contribution in [0.2, 0.25) is 0 Å². The third kappa shape index (κ3) is 2.86. The van der Waals surface area contributed by atoms with Gasteiger partial charge in [0.1, 0.15) is 22.3 Å². The summed E-state index contributed by atoms with van der Waals surface area (Å²) < 4.78 is 4.92. The van der Waals surface area contributed by atoms with Crippen LogP contribution in [0.5, 0.6) is 5.75 Å². The topological polar surface area (TPSA) is 66.8 Å². The molecule has 0 aliphatic carbocycles. The minimum Gasteiger partial charge on any atom is -0.508 e. The molecule has 2 N–H and O–H groups in total. The fraction of sp³-hybridized carbons (Fsp3) is 0.222. The summed E-state index contributed by atoms with van der Waals surface area (Å²) in [5.41, 5.74) is 0.839. The lowest BCUT2D eigenvalue weighted by Gasteiger charge is -2.10. The van der Waals surface area contributed by atoms with Crippen LogP contribution in [-0.4, -0.2) is 32.8 Å². The molecule has 1 atom stereocenters. The van der Waals surface area contributed by atoms with Crippen molar-refractivity contribution in [2.45, 2.75) is 12.5 Å². The summed E-state index contributed by atoms with van der Waals surface area (Å²) >= 11 is 0. The number of carboxylic acids is 1. The summed E-state index contributed by atoms with van der Waals surface area (Å²) in [5.74, 6) is -0.777. The molecule has 0 aromatic heterocycles. The van der Waals surface area contributed by atoms with Crippen LogP contribution < -0.4 is 0 Å². The highest BCUT2D eigenvalue weighted by Gasteiger charge is 2.15. The third-order valence-corrected chi connectivity index (χ3v) is 2.49. The van der Waals surface area contributed by atoms with Crippen molar-refractivity contribution in [1.29, 1.82) is 0 Å². The van der Waals surface area contributed by atoms with E-state index in [1.54, 1.807) is 12.1 Å². The fourth-order valence-corrected chi connectivity index (χ4v) is 1.49. The standard InChI is InChI=1S/C9H12O4Si/c10-7-3-1-6(2-4-7)5-8(13-14)9(11)12/h1-4,8,10H,5H2,14H3,(H,11,12). The van der Waals surface area contributed by atoms with Crippen LogP contribution in [0.3, 0.4) is 0 Å². The van der Waals surface area contributed by atoms with Crippen molar-refractivity contribution in [3.05, 3.63) is 29.8 Å². The maximum Gasteiger partial charge on any atom is 0.331 e. The molecule has 14 heavy (non-hydrogen) atoms. The van der Waals surface area contributed by atoms with Crippen LogP contribution in [0.25, 0.3) is 0 Å². The molecule has 1 rings (SSSR count). The number of carboxylic acid groups (broad SMARTS) is 1. The van der Waals surface area contributed by atoms with Gasteiger partial charge in [-0.1, -0.05) is 12.1 Å². The zero-order valence-corrected chi connectivity index (χ0v) is 9.80. The van der Waals surface area contributed by atoms with Gasteiger partial charge in [0.25, 0.3) is 0 Å². The maximum atomic E-state index is 10.6. The van der Waals surface area contributed by atoms with E-state index in [2.05, 4.69) is 0 Å². The van der Waals surface area contributed by atoms with Crippen LogP contribution in [-0.2, 0) is 15.6 Å². The molecule has 0 aliphatic heterocycles. The number of hydrogen-bond acceptors (Lipinski definition) is 3. The Kier molecular flexibility index (Phi) is 3.67. The first-order valence-corrected chi connectivity index (χ1v) is 4.98. The molecule has 76 valence electrons. The number of aromatic hydroxyl groups is 1. The second-order valence-corrected chi connectivity index (χ2v) is 3.40. The molecular formula is C9H12O4Si. The smallest absolute Gasteiger partial charge is 0.331 e. The molecule has 0 saturated carbocycles. The molecule has 0 radical (unpaired) electrons. The maximum absolute atomic E-state index is 10.6. The lowest BCUT2D eigenvalue weighted by atomic mass is 10.1. The highest BCUT2D eigenvalue weighted by molar-refractivity contribution is 5.99. The normalized spacial score (nSPS) is 12.6. The third-order valence-electron chi connectivity index (χ3n) is 1.92. The van der Waals surface area contributed by atoms with Crippen molar-refractivity contribution in [3.8, 4) is 5.75 Å². The lowest BCUT2D eigenvalue weighted by molar-refractivity contribution is -0.144. The van der Waals surface area contributed by atoms with Crippen LogP contribution in [0.4, 0.5) is 0 Å². The van der Waals surface area contributed by atoms with Crippen molar-refractivity contribution in [2.24, 2.45) is 0 Å². The number of phenolic OH excluding ortho intramolecular Hbond substituents is 1. The van der Waals surface area contributed by atoms with Crippen LogP contribution in [0.15, 0.2) is 24.3 Å². The predicted octanol–water partition coefficient (Wildman–Crippen LogP) is -0.315. The van der Waals surface area contributed by atoms with E-state index in [-0.39, 0.29) is 5.75 Å². The summed E-state index contributed by atoms with van der Waals surface area (Å²) in [4.78, 5) is 10.6. The van der Waals surface area contributed by atoms with E-state index in [1.807, 2.05) is 0 Å². The molecule has 0 fully saturated rings. The molecule has 1 aromatic rings. The van der Waals surface area contributed by atoms with Crippen molar-refractivity contribution in [3.63, 3.8) is 0 Å². The number of phenols is 1. The lowest BCUT2D eigenvalue weighted by Crippen LogP contribution is -2.25.